The van der Waals surface area contributed by atoms with Crippen molar-refractivity contribution in [2.45, 2.75) is 17.6 Å². The van der Waals surface area contributed by atoms with Crippen LogP contribution in [0.3, 0.4) is 0 Å². The molecule has 0 bridgehead atoms. The van der Waals surface area contributed by atoms with Crippen molar-refractivity contribution < 1.29 is 9.13 Å². The molecule has 0 aliphatic rings. The van der Waals surface area contributed by atoms with E-state index in [0.717, 1.165) is 11.1 Å². The predicted octanol–water partition coefficient (Wildman–Crippen LogP) is 3.08. The average Bonchev–Trinajstić information content (AvgIpc) is 2.49. The fraction of sp³-hybridized carbons (Fsp3) is 0.133. The van der Waals surface area contributed by atoms with E-state index in [0.29, 0.717) is 16.2 Å². The first-order valence-corrected chi connectivity index (χ1v) is 7.45. The lowest BCUT2D eigenvalue weighted by Gasteiger charge is -2.06. The summed E-state index contributed by atoms with van der Waals surface area (Å²) < 4.78 is 12.3. The molecule has 0 saturated carbocycles. The lowest BCUT2D eigenvalue weighted by Crippen LogP contribution is -1.99. The Hall–Kier alpha value is -2.52. The van der Waals surface area contributed by atoms with Gasteiger partial charge in [0.05, 0.1) is 33.1 Å². The summed E-state index contributed by atoms with van der Waals surface area (Å²) in [7, 11) is -1.28. The van der Waals surface area contributed by atoms with Crippen LogP contribution in [-0.2, 0) is 16.6 Å². The van der Waals surface area contributed by atoms with Crippen molar-refractivity contribution in [2.75, 3.05) is 0 Å². The Balaban J connectivity index is 2.18. The first-order chi connectivity index (χ1) is 10.0. The van der Waals surface area contributed by atoms with Gasteiger partial charge in [0.15, 0.2) is 0 Å². The third-order valence-electron chi connectivity index (χ3n) is 3.07. The molecule has 2 aromatic carbocycles. The number of aryl methyl sites for hydroxylation is 1. The Morgan fingerprint density at radius 2 is 1.90 bits per heavy atom. The highest BCUT2D eigenvalue weighted by molar-refractivity contribution is 7.84. The smallest absolute Gasteiger partial charge is 0.258 e. The van der Waals surface area contributed by atoms with E-state index in [1.807, 2.05) is 6.92 Å². The molecule has 5 nitrogen and oxygen atoms in total. The van der Waals surface area contributed by atoms with Crippen LogP contribution in [-0.4, -0.2) is 9.13 Å². The van der Waals surface area contributed by atoms with Crippen molar-refractivity contribution in [3.05, 3.63) is 69.3 Å². The standard InChI is InChI=1S/C15H12N2O3S/c1-11-8-12(9-16)2-3-13(11)10-21(20)15-6-4-14(5-7-15)17(18)19/h2-8H,10H2,1H3. The van der Waals surface area contributed by atoms with E-state index in [9.17, 15) is 14.3 Å². The lowest BCUT2D eigenvalue weighted by molar-refractivity contribution is -0.384. The molecule has 2 rings (SSSR count). The van der Waals surface area contributed by atoms with Gasteiger partial charge in [-0.1, -0.05) is 6.07 Å². The van der Waals surface area contributed by atoms with Gasteiger partial charge in [0.1, 0.15) is 0 Å². The summed E-state index contributed by atoms with van der Waals surface area (Å²) in [6.45, 7) is 1.86. The van der Waals surface area contributed by atoms with Crippen molar-refractivity contribution >= 4 is 16.5 Å². The third kappa shape index (κ3) is 3.52. The summed E-state index contributed by atoms with van der Waals surface area (Å²) in [5, 5.41) is 19.4. The molecule has 0 aromatic heterocycles. The first kappa shape index (κ1) is 14.9. The Labute approximate surface area is 124 Å². The zero-order valence-corrected chi connectivity index (χ0v) is 12.1. The zero-order valence-electron chi connectivity index (χ0n) is 11.3. The van der Waals surface area contributed by atoms with Gasteiger partial charge in [0, 0.05) is 17.0 Å². The quantitative estimate of drug-likeness (QED) is 0.641. The number of nitriles is 1. The van der Waals surface area contributed by atoms with Gasteiger partial charge in [-0.2, -0.15) is 5.26 Å². The minimum atomic E-state index is -1.28. The molecule has 6 heteroatoms. The topological polar surface area (TPSA) is 84.0 Å². The minimum absolute atomic E-state index is 0.0229. The molecular weight excluding hydrogens is 288 g/mol. The molecule has 106 valence electrons. The van der Waals surface area contributed by atoms with Gasteiger partial charge in [-0.25, -0.2) is 0 Å². The maximum atomic E-state index is 12.3. The molecule has 1 atom stereocenters. The number of non-ortho nitro benzene ring substituents is 1. The Bertz CT molecular complexity index is 749. The summed E-state index contributed by atoms with van der Waals surface area (Å²) in [5.74, 6) is 0.315. The maximum Gasteiger partial charge on any atom is 0.269 e. The molecule has 1 unspecified atom stereocenters. The fourth-order valence-corrected chi connectivity index (χ4v) is 3.08. The van der Waals surface area contributed by atoms with Gasteiger partial charge in [-0.3, -0.25) is 14.3 Å². The van der Waals surface area contributed by atoms with Crippen molar-refractivity contribution in [3.63, 3.8) is 0 Å². The summed E-state index contributed by atoms with van der Waals surface area (Å²) in [6, 6.07) is 13.0. The molecule has 0 spiro atoms. The van der Waals surface area contributed by atoms with Gasteiger partial charge in [-0.15, -0.1) is 0 Å². The number of rotatable bonds is 4. The molecule has 0 radical (unpaired) electrons. The summed E-state index contributed by atoms with van der Waals surface area (Å²) in [4.78, 5) is 10.6. The highest BCUT2D eigenvalue weighted by atomic mass is 32.2. The van der Waals surface area contributed by atoms with Crippen LogP contribution in [0.5, 0.6) is 0 Å². The second-order valence-electron chi connectivity index (χ2n) is 4.49. The maximum absolute atomic E-state index is 12.3. The number of nitro benzene ring substituents is 1. The normalized spacial score (nSPS) is 11.6. The van der Waals surface area contributed by atoms with Crippen LogP contribution in [0, 0.1) is 28.4 Å². The van der Waals surface area contributed by atoms with Crippen LogP contribution in [0.15, 0.2) is 47.4 Å². The lowest BCUT2D eigenvalue weighted by atomic mass is 10.1. The van der Waals surface area contributed by atoms with Crippen molar-refractivity contribution in [1.82, 2.24) is 0 Å². The van der Waals surface area contributed by atoms with E-state index >= 15 is 0 Å². The van der Waals surface area contributed by atoms with Crippen LogP contribution in [0.25, 0.3) is 0 Å². The monoisotopic (exact) mass is 300 g/mol. The summed E-state index contributed by atoms with van der Waals surface area (Å²) >= 11 is 0. The Morgan fingerprint density at radius 1 is 1.24 bits per heavy atom. The van der Waals surface area contributed by atoms with Crippen molar-refractivity contribution in [1.29, 1.82) is 5.26 Å². The molecule has 0 aliphatic carbocycles. The molecule has 21 heavy (non-hydrogen) atoms. The molecule has 0 amide bonds. The molecule has 0 heterocycles. The van der Waals surface area contributed by atoms with Crippen LogP contribution in [0.1, 0.15) is 16.7 Å². The fourth-order valence-electron chi connectivity index (χ4n) is 1.87. The van der Waals surface area contributed by atoms with E-state index in [1.54, 1.807) is 18.2 Å². The van der Waals surface area contributed by atoms with E-state index in [-0.39, 0.29) is 5.69 Å². The Morgan fingerprint density at radius 3 is 2.43 bits per heavy atom. The molecule has 2 aromatic rings. The molecule has 0 N–H and O–H groups in total. The average molecular weight is 300 g/mol. The van der Waals surface area contributed by atoms with E-state index in [1.165, 1.54) is 24.3 Å². The minimum Gasteiger partial charge on any atom is -0.258 e. The summed E-state index contributed by atoms with van der Waals surface area (Å²) in [5.41, 5.74) is 2.35. The van der Waals surface area contributed by atoms with E-state index in [2.05, 4.69) is 6.07 Å². The number of nitro groups is 1. The van der Waals surface area contributed by atoms with Crippen molar-refractivity contribution in [3.8, 4) is 6.07 Å². The third-order valence-corrected chi connectivity index (χ3v) is 4.44. The van der Waals surface area contributed by atoms with Gasteiger partial charge >= 0.3 is 0 Å². The zero-order chi connectivity index (χ0) is 15.4. The predicted molar refractivity (Wildman–Crippen MR) is 79.1 cm³/mol. The number of benzene rings is 2. The molecule has 0 saturated heterocycles. The summed E-state index contributed by atoms with van der Waals surface area (Å²) in [6.07, 6.45) is 0. The van der Waals surface area contributed by atoms with Gasteiger partial charge in [-0.05, 0) is 42.3 Å². The molecule has 0 fully saturated rings. The molecule has 0 aliphatic heterocycles. The van der Waals surface area contributed by atoms with Crippen molar-refractivity contribution in [2.24, 2.45) is 0 Å². The first-order valence-electron chi connectivity index (χ1n) is 6.13. The largest absolute Gasteiger partial charge is 0.269 e. The van der Waals surface area contributed by atoms with E-state index < -0.39 is 15.7 Å². The van der Waals surface area contributed by atoms with Crippen LogP contribution in [0.4, 0.5) is 5.69 Å². The van der Waals surface area contributed by atoms with Gasteiger partial charge < -0.3 is 0 Å². The number of hydrogen-bond acceptors (Lipinski definition) is 4. The van der Waals surface area contributed by atoms with E-state index in [4.69, 9.17) is 5.26 Å². The SMILES string of the molecule is Cc1cc(C#N)ccc1CS(=O)c1ccc([N+](=O)[O-])cc1. The molecular formula is C15H12N2O3S. The Kier molecular flexibility index (Phi) is 4.45. The number of hydrogen-bond donors (Lipinski definition) is 0. The van der Waals surface area contributed by atoms with Crippen LogP contribution < -0.4 is 0 Å². The van der Waals surface area contributed by atoms with Gasteiger partial charge in [0.25, 0.3) is 5.69 Å². The second kappa shape index (κ2) is 6.29. The highest BCUT2D eigenvalue weighted by Gasteiger charge is 2.10. The van der Waals surface area contributed by atoms with Crippen LogP contribution >= 0.6 is 0 Å². The number of nitrogens with zero attached hydrogens (tertiary/aromatic N) is 2. The van der Waals surface area contributed by atoms with Gasteiger partial charge in [0.2, 0.25) is 0 Å². The second-order valence-corrected chi connectivity index (χ2v) is 5.95. The highest BCUT2D eigenvalue weighted by Crippen LogP contribution is 2.19. The van der Waals surface area contributed by atoms with Crippen LogP contribution in [0.2, 0.25) is 0 Å².